The summed E-state index contributed by atoms with van der Waals surface area (Å²) in [5.41, 5.74) is 6.15. The van der Waals surface area contributed by atoms with Gasteiger partial charge in [-0.1, -0.05) is 0 Å². The van der Waals surface area contributed by atoms with E-state index >= 15 is 0 Å². The number of nitrogen functional groups attached to an aromatic ring is 1. The van der Waals surface area contributed by atoms with Crippen LogP contribution in [0.2, 0.25) is 0 Å². The highest BCUT2D eigenvalue weighted by atomic mass is 32.2. The number of aromatic nitrogens is 1. The van der Waals surface area contributed by atoms with E-state index in [9.17, 15) is 4.55 Å². The lowest BCUT2D eigenvalue weighted by molar-refractivity contribution is 0.599. The van der Waals surface area contributed by atoms with Gasteiger partial charge < -0.3 is 10.3 Å². The van der Waals surface area contributed by atoms with E-state index < -0.39 is 11.4 Å². The first-order valence-corrected chi connectivity index (χ1v) is 4.91. The molecule has 66 valence electrons. The van der Waals surface area contributed by atoms with Crippen molar-refractivity contribution in [2.24, 2.45) is 0 Å². The molecule has 0 spiro atoms. The lowest BCUT2D eigenvalue weighted by Gasteiger charge is -2.17. The van der Waals surface area contributed by atoms with Gasteiger partial charge in [0.05, 0.1) is 18.4 Å². The van der Waals surface area contributed by atoms with Crippen LogP contribution in [0.25, 0.3) is 0 Å². The number of anilines is 2. The maximum atomic E-state index is 11.0. The molecule has 0 radical (unpaired) electrons. The van der Waals surface area contributed by atoms with Crippen LogP contribution in [0.1, 0.15) is 0 Å². The smallest absolute Gasteiger partial charge is 0.175 e. The van der Waals surface area contributed by atoms with Crippen molar-refractivity contribution in [2.45, 2.75) is 0 Å². The molecule has 0 saturated carbocycles. The van der Waals surface area contributed by atoms with Crippen molar-refractivity contribution < 1.29 is 4.55 Å². The second-order valence-corrected chi connectivity index (χ2v) is 3.76. The Labute approximate surface area is 74.7 Å². The normalized spacial score (nSPS) is 12.6. The van der Waals surface area contributed by atoms with Gasteiger partial charge in [-0.15, -0.1) is 0 Å². The van der Waals surface area contributed by atoms with Crippen LogP contribution in [0.4, 0.5) is 11.5 Å². The molecule has 0 aromatic carbocycles. The Morgan fingerprint density at radius 3 is 2.83 bits per heavy atom. The number of pyridine rings is 1. The van der Waals surface area contributed by atoms with Gasteiger partial charge in [0, 0.05) is 18.0 Å². The quantitative estimate of drug-likeness (QED) is 0.677. The Hall–Kier alpha value is -0.940. The molecule has 1 aromatic heterocycles. The number of nitrogens with two attached hydrogens (primary N) is 1. The number of hydrogen-bond donors (Lipinski definition) is 1. The highest BCUT2D eigenvalue weighted by Crippen LogP contribution is 2.14. The third-order valence-electron chi connectivity index (χ3n) is 1.48. The molecular weight excluding hydrogens is 174 g/mol. The molecule has 0 aliphatic heterocycles. The van der Waals surface area contributed by atoms with Crippen molar-refractivity contribution >= 4 is 22.9 Å². The minimum absolute atomic E-state index is 0.621. The molecule has 1 rings (SSSR count). The summed E-state index contributed by atoms with van der Waals surface area (Å²) in [7, 11) is 1.71. The Morgan fingerprint density at radius 2 is 2.33 bits per heavy atom. The first-order chi connectivity index (χ1) is 5.61. The van der Waals surface area contributed by atoms with Crippen LogP contribution in [-0.2, 0) is 11.4 Å². The largest absolute Gasteiger partial charge is 0.593 e. The van der Waals surface area contributed by atoms with E-state index in [1.807, 2.05) is 0 Å². The summed E-state index contributed by atoms with van der Waals surface area (Å²) in [6, 6.07) is 3.37. The van der Waals surface area contributed by atoms with Gasteiger partial charge in [0.2, 0.25) is 0 Å². The molecule has 1 heterocycles. The molecular formula is C7H11N3OS. The molecule has 0 fully saturated rings. The summed E-state index contributed by atoms with van der Waals surface area (Å²) >= 11 is -1.05. The Bertz CT molecular complexity index is 267. The second-order valence-electron chi connectivity index (χ2n) is 2.37. The summed E-state index contributed by atoms with van der Waals surface area (Å²) < 4.78 is 12.6. The molecule has 1 unspecified atom stereocenters. The molecule has 0 amide bonds. The van der Waals surface area contributed by atoms with Crippen molar-refractivity contribution in [3.05, 3.63) is 18.3 Å². The molecule has 5 heteroatoms. The van der Waals surface area contributed by atoms with Crippen LogP contribution in [0.3, 0.4) is 0 Å². The molecule has 2 N–H and O–H groups in total. The molecule has 1 atom stereocenters. The van der Waals surface area contributed by atoms with Gasteiger partial charge in [0.25, 0.3) is 0 Å². The van der Waals surface area contributed by atoms with Gasteiger partial charge in [-0.2, -0.15) is 4.31 Å². The van der Waals surface area contributed by atoms with Crippen LogP contribution in [0.5, 0.6) is 0 Å². The highest BCUT2D eigenvalue weighted by molar-refractivity contribution is 7.92. The zero-order valence-electron chi connectivity index (χ0n) is 7.02. The van der Waals surface area contributed by atoms with Gasteiger partial charge in [-0.25, -0.2) is 4.98 Å². The third kappa shape index (κ3) is 2.02. The zero-order chi connectivity index (χ0) is 9.14. The topological polar surface area (TPSA) is 65.2 Å². The van der Waals surface area contributed by atoms with Gasteiger partial charge in [-0.3, -0.25) is 0 Å². The first-order valence-electron chi connectivity index (χ1n) is 3.40. The maximum Gasteiger partial charge on any atom is 0.175 e. The SMILES string of the molecule is CN(c1cc(N)ccn1)[S+](C)[O-]. The van der Waals surface area contributed by atoms with E-state index in [1.54, 1.807) is 35.9 Å². The number of rotatable bonds is 2. The third-order valence-corrected chi connectivity index (χ3v) is 2.44. The molecule has 4 nitrogen and oxygen atoms in total. The number of hydrogen-bond acceptors (Lipinski definition) is 4. The lowest BCUT2D eigenvalue weighted by Crippen LogP contribution is -2.25. The Morgan fingerprint density at radius 1 is 1.67 bits per heavy atom. The van der Waals surface area contributed by atoms with Crippen LogP contribution < -0.4 is 10.0 Å². The standard InChI is InChI=1S/C7H11N3OS/c1-10(12(2)11)7-5-6(8)3-4-9-7/h3-5H,1-2H3,(H2,8,9). The van der Waals surface area contributed by atoms with E-state index in [4.69, 9.17) is 5.73 Å². The second kappa shape index (κ2) is 3.64. The fourth-order valence-electron chi connectivity index (χ4n) is 0.738. The van der Waals surface area contributed by atoms with Crippen molar-refractivity contribution in [1.29, 1.82) is 0 Å². The highest BCUT2D eigenvalue weighted by Gasteiger charge is 2.10. The average molecular weight is 185 g/mol. The van der Waals surface area contributed by atoms with Crippen molar-refractivity contribution in [3.63, 3.8) is 0 Å². The maximum absolute atomic E-state index is 11.0. The van der Waals surface area contributed by atoms with Crippen molar-refractivity contribution in [3.8, 4) is 0 Å². The van der Waals surface area contributed by atoms with Crippen LogP contribution in [0, 0.1) is 0 Å². The molecule has 0 aliphatic carbocycles. The predicted molar refractivity (Wildman–Crippen MR) is 51.1 cm³/mol. The van der Waals surface area contributed by atoms with Crippen molar-refractivity contribution in [2.75, 3.05) is 23.3 Å². The summed E-state index contributed by atoms with van der Waals surface area (Å²) in [6.45, 7) is 0. The summed E-state index contributed by atoms with van der Waals surface area (Å²) in [4.78, 5) is 4.01. The fraction of sp³-hybridized carbons (Fsp3) is 0.286. The molecule has 0 saturated heterocycles. The van der Waals surface area contributed by atoms with Crippen molar-refractivity contribution in [1.82, 2.24) is 4.98 Å². The van der Waals surface area contributed by atoms with Crippen LogP contribution >= 0.6 is 0 Å². The number of nitrogens with zero attached hydrogens (tertiary/aromatic N) is 2. The van der Waals surface area contributed by atoms with E-state index in [1.165, 1.54) is 0 Å². The zero-order valence-corrected chi connectivity index (χ0v) is 7.84. The lowest BCUT2D eigenvalue weighted by atomic mass is 10.4. The van der Waals surface area contributed by atoms with E-state index in [0.29, 0.717) is 11.5 Å². The molecule has 0 aliphatic rings. The molecule has 12 heavy (non-hydrogen) atoms. The predicted octanol–water partition coefficient (Wildman–Crippen LogP) is 0.394. The molecule has 0 bridgehead atoms. The summed E-state index contributed by atoms with van der Waals surface area (Å²) in [5, 5.41) is 0. The van der Waals surface area contributed by atoms with Crippen LogP contribution in [0.15, 0.2) is 18.3 Å². The van der Waals surface area contributed by atoms with Gasteiger partial charge >= 0.3 is 0 Å². The summed E-state index contributed by atoms with van der Waals surface area (Å²) in [6.07, 6.45) is 3.18. The molecule has 1 aromatic rings. The van der Waals surface area contributed by atoms with E-state index in [-0.39, 0.29) is 0 Å². The fourth-order valence-corrected chi connectivity index (χ4v) is 1.10. The Kier molecular flexibility index (Phi) is 2.78. The van der Waals surface area contributed by atoms with Gasteiger partial charge in [0.1, 0.15) is 6.26 Å². The monoisotopic (exact) mass is 185 g/mol. The average Bonchev–Trinajstić information content (AvgIpc) is 2.03. The first kappa shape index (κ1) is 9.15. The Balaban J connectivity index is 2.88. The van der Waals surface area contributed by atoms with E-state index in [0.717, 1.165) is 0 Å². The van der Waals surface area contributed by atoms with E-state index in [2.05, 4.69) is 4.98 Å². The van der Waals surface area contributed by atoms with Gasteiger partial charge in [-0.05, 0) is 6.07 Å². The minimum Gasteiger partial charge on any atom is -0.593 e. The van der Waals surface area contributed by atoms with Gasteiger partial charge in [0.15, 0.2) is 5.82 Å². The van der Waals surface area contributed by atoms with Crippen LogP contribution in [-0.4, -0.2) is 22.8 Å². The minimum atomic E-state index is -1.05. The summed E-state index contributed by atoms with van der Waals surface area (Å²) in [5.74, 6) is 0.621.